The Kier molecular flexibility index (Phi) is 4.63. The van der Waals surface area contributed by atoms with Crippen molar-refractivity contribution in [3.63, 3.8) is 0 Å². The van der Waals surface area contributed by atoms with Crippen LogP contribution in [0.5, 0.6) is 0 Å². The predicted molar refractivity (Wildman–Crippen MR) is 72.2 cm³/mol. The zero-order valence-corrected chi connectivity index (χ0v) is 11.2. The van der Waals surface area contributed by atoms with E-state index in [4.69, 9.17) is 4.74 Å². The molecule has 0 aromatic rings. The molecule has 98 valence electrons. The topological polar surface area (TPSA) is 21.3 Å². The molecule has 0 amide bonds. The number of hydrogen-bond donors (Lipinski definition) is 1. The van der Waals surface area contributed by atoms with Gasteiger partial charge in [-0.25, -0.2) is 0 Å². The minimum Gasteiger partial charge on any atom is -0.375 e. The number of rotatable bonds is 5. The van der Waals surface area contributed by atoms with Crippen LogP contribution in [0.25, 0.3) is 0 Å². The molecule has 1 N–H and O–H groups in total. The van der Waals surface area contributed by atoms with E-state index in [1.165, 1.54) is 38.5 Å². The molecule has 2 rings (SSSR count). The van der Waals surface area contributed by atoms with E-state index in [9.17, 15) is 0 Å². The molecule has 2 fully saturated rings. The van der Waals surface area contributed by atoms with Gasteiger partial charge >= 0.3 is 0 Å². The maximum Gasteiger partial charge on any atom is 0.0685 e. The maximum atomic E-state index is 6.11. The third-order valence-corrected chi connectivity index (χ3v) is 4.50. The van der Waals surface area contributed by atoms with Gasteiger partial charge < -0.3 is 10.1 Å². The van der Waals surface area contributed by atoms with E-state index in [0.717, 1.165) is 25.5 Å². The monoisotopic (exact) mass is 237 g/mol. The second-order valence-electron chi connectivity index (χ2n) is 5.68. The highest BCUT2D eigenvalue weighted by molar-refractivity contribution is 4.95. The van der Waals surface area contributed by atoms with Crippen molar-refractivity contribution in [1.82, 2.24) is 5.32 Å². The Morgan fingerprint density at radius 2 is 2.24 bits per heavy atom. The average molecular weight is 237 g/mol. The van der Waals surface area contributed by atoms with Gasteiger partial charge in [0.1, 0.15) is 0 Å². The first-order valence-electron chi connectivity index (χ1n) is 7.28. The van der Waals surface area contributed by atoms with Gasteiger partial charge in [-0.05, 0) is 44.6 Å². The van der Waals surface area contributed by atoms with Crippen LogP contribution in [-0.4, -0.2) is 24.8 Å². The van der Waals surface area contributed by atoms with E-state index >= 15 is 0 Å². The SMILES string of the molecule is C=CCC(NCC)C1CCOC2(CCCC2)C1. The van der Waals surface area contributed by atoms with Crippen LogP contribution in [0, 0.1) is 5.92 Å². The Hall–Kier alpha value is -0.340. The number of nitrogens with one attached hydrogen (secondary N) is 1. The Morgan fingerprint density at radius 3 is 2.88 bits per heavy atom. The molecule has 1 saturated heterocycles. The summed E-state index contributed by atoms with van der Waals surface area (Å²) in [5.41, 5.74) is 0.248. The highest BCUT2D eigenvalue weighted by atomic mass is 16.5. The molecule has 1 spiro atoms. The summed E-state index contributed by atoms with van der Waals surface area (Å²) in [6, 6.07) is 0.610. The zero-order valence-electron chi connectivity index (χ0n) is 11.2. The van der Waals surface area contributed by atoms with Crippen LogP contribution >= 0.6 is 0 Å². The summed E-state index contributed by atoms with van der Waals surface area (Å²) >= 11 is 0. The van der Waals surface area contributed by atoms with Crippen LogP contribution in [0.3, 0.4) is 0 Å². The quantitative estimate of drug-likeness (QED) is 0.741. The van der Waals surface area contributed by atoms with Crippen LogP contribution in [-0.2, 0) is 4.74 Å². The van der Waals surface area contributed by atoms with Gasteiger partial charge in [-0.15, -0.1) is 6.58 Å². The molecular formula is C15H27NO. The van der Waals surface area contributed by atoms with Gasteiger partial charge in [-0.1, -0.05) is 25.8 Å². The van der Waals surface area contributed by atoms with Crippen molar-refractivity contribution in [3.05, 3.63) is 12.7 Å². The predicted octanol–water partition coefficient (Wildman–Crippen LogP) is 3.28. The van der Waals surface area contributed by atoms with Crippen LogP contribution in [0.2, 0.25) is 0 Å². The molecule has 1 saturated carbocycles. The first kappa shape index (κ1) is 13.1. The summed E-state index contributed by atoms with van der Waals surface area (Å²) < 4.78 is 6.11. The molecular weight excluding hydrogens is 210 g/mol. The molecule has 0 bridgehead atoms. The lowest BCUT2D eigenvalue weighted by Gasteiger charge is -2.41. The van der Waals surface area contributed by atoms with Gasteiger partial charge in [0.25, 0.3) is 0 Å². The first-order chi connectivity index (χ1) is 8.29. The highest BCUT2D eigenvalue weighted by Gasteiger charge is 2.41. The van der Waals surface area contributed by atoms with Crippen LogP contribution in [0.15, 0.2) is 12.7 Å². The summed E-state index contributed by atoms with van der Waals surface area (Å²) in [5, 5.41) is 3.63. The molecule has 1 aliphatic carbocycles. The van der Waals surface area contributed by atoms with Gasteiger partial charge in [0, 0.05) is 12.6 Å². The summed E-state index contributed by atoms with van der Waals surface area (Å²) in [6.45, 7) is 8.11. The lowest BCUT2D eigenvalue weighted by molar-refractivity contribution is -0.0976. The molecule has 17 heavy (non-hydrogen) atoms. The van der Waals surface area contributed by atoms with E-state index in [0.29, 0.717) is 6.04 Å². The highest BCUT2D eigenvalue weighted by Crippen LogP contribution is 2.43. The second-order valence-corrected chi connectivity index (χ2v) is 5.68. The van der Waals surface area contributed by atoms with Crippen LogP contribution < -0.4 is 5.32 Å². The van der Waals surface area contributed by atoms with Crippen molar-refractivity contribution in [1.29, 1.82) is 0 Å². The van der Waals surface area contributed by atoms with Crippen LogP contribution in [0.4, 0.5) is 0 Å². The standard InChI is InChI=1S/C15H27NO/c1-3-7-14(16-4-2)13-8-11-17-15(12-13)9-5-6-10-15/h3,13-14,16H,1,4-12H2,2H3. The molecule has 0 aromatic carbocycles. The van der Waals surface area contributed by atoms with Crippen molar-refractivity contribution >= 4 is 0 Å². The molecule has 2 aliphatic rings. The van der Waals surface area contributed by atoms with Crippen molar-refractivity contribution in [2.45, 2.75) is 63.5 Å². The fourth-order valence-corrected chi connectivity index (χ4v) is 3.66. The lowest BCUT2D eigenvalue weighted by Crippen LogP contribution is -2.45. The van der Waals surface area contributed by atoms with Gasteiger partial charge in [-0.2, -0.15) is 0 Å². The minimum atomic E-state index is 0.248. The van der Waals surface area contributed by atoms with E-state index in [1.54, 1.807) is 0 Å². The molecule has 1 heterocycles. The number of hydrogen-bond acceptors (Lipinski definition) is 2. The summed E-state index contributed by atoms with van der Waals surface area (Å²) in [4.78, 5) is 0. The largest absolute Gasteiger partial charge is 0.375 e. The Labute approximate surface area is 106 Å². The molecule has 1 aliphatic heterocycles. The third kappa shape index (κ3) is 3.11. The molecule has 2 heteroatoms. The summed E-state index contributed by atoms with van der Waals surface area (Å²) in [5.74, 6) is 0.778. The Bertz CT molecular complexity index is 245. The molecule has 2 unspecified atom stereocenters. The smallest absolute Gasteiger partial charge is 0.0685 e. The fourth-order valence-electron chi connectivity index (χ4n) is 3.66. The third-order valence-electron chi connectivity index (χ3n) is 4.50. The lowest BCUT2D eigenvalue weighted by atomic mass is 9.79. The normalized spacial score (nSPS) is 29.4. The molecule has 0 aromatic heterocycles. The zero-order chi connectivity index (χ0) is 12.1. The van der Waals surface area contributed by atoms with Crippen LogP contribution in [0.1, 0.15) is 51.9 Å². The molecule has 0 radical (unpaired) electrons. The van der Waals surface area contributed by atoms with Crippen molar-refractivity contribution in [2.75, 3.05) is 13.2 Å². The summed E-state index contributed by atoms with van der Waals surface area (Å²) in [6.07, 6.45) is 10.9. The van der Waals surface area contributed by atoms with E-state index in [1.807, 2.05) is 0 Å². The molecule has 2 atom stereocenters. The van der Waals surface area contributed by atoms with Crippen molar-refractivity contribution in [2.24, 2.45) is 5.92 Å². The van der Waals surface area contributed by atoms with Crippen molar-refractivity contribution in [3.8, 4) is 0 Å². The summed E-state index contributed by atoms with van der Waals surface area (Å²) in [7, 11) is 0. The minimum absolute atomic E-state index is 0.248. The van der Waals surface area contributed by atoms with Crippen molar-refractivity contribution < 1.29 is 4.74 Å². The van der Waals surface area contributed by atoms with Gasteiger partial charge in [-0.3, -0.25) is 0 Å². The second kappa shape index (κ2) is 6.01. The van der Waals surface area contributed by atoms with E-state index in [2.05, 4.69) is 24.9 Å². The number of ether oxygens (including phenoxy) is 1. The Morgan fingerprint density at radius 1 is 1.47 bits per heavy atom. The van der Waals surface area contributed by atoms with Gasteiger partial charge in [0.2, 0.25) is 0 Å². The fraction of sp³-hybridized carbons (Fsp3) is 0.867. The van der Waals surface area contributed by atoms with E-state index < -0.39 is 0 Å². The Balaban J connectivity index is 1.96. The maximum absolute atomic E-state index is 6.11. The van der Waals surface area contributed by atoms with Gasteiger partial charge in [0.15, 0.2) is 0 Å². The molecule has 2 nitrogen and oxygen atoms in total. The van der Waals surface area contributed by atoms with Gasteiger partial charge in [0.05, 0.1) is 5.60 Å². The van der Waals surface area contributed by atoms with E-state index in [-0.39, 0.29) is 5.60 Å². The average Bonchev–Trinajstić information content (AvgIpc) is 2.77. The first-order valence-corrected chi connectivity index (χ1v) is 7.28.